The molecular weight excluding hydrogens is 456 g/mol. The number of aliphatic hydroxyl groups is 1. The number of aliphatic hydroxyl groups excluding tert-OH is 1. The molecule has 2 aliphatic heterocycles. The zero-order valence-electron chi connectivity index (χ0n) is 20.2. The van der Waals surface area contributed by atoms with Crippen molar-refractivity contribution in [2.75, 3.05) is 13.2 Å². The lowest BCUT2D eigenvalue weighted by atomic mass is 9.93. The first kappa shape index (κ1) is 24.0. The topological polar surface area (TPSA) is 104 Å². The Hall–Kier alpha value is -3.75. The molecule has 3 N–H and O–H groups in total. The molecule has 0 aliphatic carbocycles. The maximum Gasteiger partial charge on any atom is 0.255 e. The maximum atomic E-state index is 13.2. The number of rotatable bonds is 8. The van der Waals surface area contributed by atoms with Crippen molar-refractivity contribution in [3.05, 3.63) is 94.3 Å². The predicted molar refractivity (Wildman–Crippen MR) is 135 cm³/mol. The molecule has 36 heavy (non-hydrogen) atoms. The minimum Gasteiger partial charge on any atom is -0.493 e. The first-order chi connectivity index (χ1) is 17.5. The second-order valence-corrected chi connectivity index (χ2v) is 9.19. The Morgan fingerprint density at radius 3 is 2.75 bits per heavy atom. The first-order valence-corrected chi connectivity index (χ1v) is 12.3. The zero-order valence-corrected chi connectivity index (χ0v) is 20.2. The highest BCUT2D eigenvalue weighted by atomic mass is 16.5. The molecule has 8 heteroatoms. The van der Waals surface area contributed by atoms with Gasteiger partial charge in [0.05, 0.1) is 18.3 Å². The SMILES string of the molecule is CCOc1cc2c(cc1C(=O)NC[C@@H](O)[C@@H]1Cc3ccccc3CN1)CN(Cc1ccncc1)C2=O. The Kier molecular flexibility index (Phi) is 6.97. The van der Waals surface area contributed by atoms with Gasteiger partial charge in [-0.05, 0) is 59.9 Å². The highest BCUT2D eigenvalue weighted by molar-refractivity contribution is 6.03. The number of pyridine rings is 1. The van der Waals surface area contributed by atoms with Gasteiger partial charge in [-0.2, -0.15) is 0 Å². The average molecular weight is 487 g/mol. The Balaban J connectivity index is 1.27. The van der Waals surface area contributed by atoms with Crippen molar-refractivity contribution in [3.63, 3.8) is 0 Å². The lowest BCUT2D eigenvalue weighted by Crippen LogP contribution is -2.49. The van der Waals surface area contributed by atoms with Crippen molar-refractivity contribution in [2.45, 2.75) is 45.1 Å². The number of hydrogen-bond donors (Lipinski definition) is 3. The number of hydrogen-bond acceptors (Lipinski definition) is 6. The number of nitrogens with zero attached hydrogens (tertiary/aromatic N) is 2. The predicted octanol–water partition coefficient (Wildman–Crippen LogP) is 2.44. The van der Waals surface area contributed by atoms with Crippen LogP contribution < -0.4 is 15.4 Å². The number of aromatic nitrogens is 1. The van der Waals surface area contributed by atoms with E-state index in [1.54, 1.807) is 29.4 Å². The number of fused-ring (bicyclic) bond motifs is 2. The van der Waals surface area contributed by atoms with Gasteiger partial charge in [0.25, 0.3) is 11.8 Å². The smallest absolute Gasteiger partial charge is 0.255 e. The third-order valence-electron chi connectivity index (χ3n) is 6.80. The number of carbonyl (C=O) groups is 2. The fourth-order valence-electron chi connectivity index (χ4n) is 4.88. The van der Waals surface area contributed by atoms with E-state index >= 15 is 0 Å². The van der Waals surface area contributed by atoms with Crippen molar-refractivity contribution in [3.8, 4) is 5.75 Å². The lowest BCUT2D eigenvalue weighted by molar-refractivity contribution is 0.0766. The fraction of sp³-hybridized carbons (Fsp3) is 0.321. The molecule has 0 spiro atoms. The average Bonchev–Trinajstić information content (AvgIpc) is 3.21. The molecule has 2 amide bonds. The van der Waals surface area contributed by atoms with Crippen LogP contribution in [0.15, 0.2) is 60.9 Å². The van der Waals surface area contributed by atoms with E-state index in [4.69, 9.17) is 4.74 Å². The summed E-state index contributed by atoms with van der Waals surface area (Å²) in [5, 5.41) is 17.0. The molecule has 2 aliphatic rings. The van der Waals surface area contributed by atoms with E-state index in [0.717, 1.165) is 11.1 Å². The van der Waals surface area contributed by atoms with Gasteiger partial charge in [0.2, 0.25) is 0 Å². The molecular formula is C28H30N4O4. The van der Waals surface area contributed by atoms with Gasteiger partial charge in [0.15, 0.2) is 0 Å². The Labute approximate surface area is 210 Å². The molecule has 8 nitrogen and oxygen atoms in total. The molecule has 0 fully saturated rings. The van der Waals surface area contributed by atoms with Gasteiger partial charge in [-0.25, -0.2) is 0 Å². The summed E-state index contributed by atoms with van der Waals surface area (Å²) in [7, 11) is 0. The Morgan fingerprint density at radius 1 is 1.19 bits per heavy atom. The summed E-state index contributed by atoms with van der Waals surface area (Å²) in [6.07, 6.45) is 3.36. The summed E-state index contributed by atoms with van der Waals surface area (Å²) in [6, 6.07) is 15.2. The van der Waals surface area contributed by atoms with Crippen LogP contribution in [0.4, 0.5) is 0 Å². The summed E-state index contributed by atoms with van der Waals surface area (Å²) in [6.45, 7) is 3.87. The zero-order chi connectivity index (χ0) is 25.1. The van der Waals surface area contributed by atoms with Crippen LogP contribution in [0.3, 0.4) is 0 Å². The van der Waals surface area contributed by atoms with Crippen molar-refractivity contribution in [1.82, 2.24) is 20.5 Å². The molecule has 5 rings (SSSR count). The van der Waals surface area contributed by atoms with E-state index < -0.39 is 6.10 Å². The summed E-state index contributed by atoms with van der Waals surface area (Å²) >= 11 is 0. The van der Waals surface area contributed by atoms with Crippen LogP contribution in [0.25, 0.3) is 0 Å². The second kappa shape index (κ2) is 10.5. The first-order valence-electron chi connectivity index (χ1n) is 12.3. The third kappa shape index (κ3) is 4.96. The highest BCUT2D eigenvalue weighted by Crippen LogP contribution is 2.31. The van der Waals surface area contributed by atoms with Gasteiger partial charge in [0.1, 0.15) is 5.75 Å². The third-order valence-corrected chi connectivity index (χ3v) is 6.80. The van der Waals surface area contributed by atoms with E-state index in [2.05, 4.69) is 27.8 Å². The second-order valence-electron chi connectivity index (χ2n) is 9.19. The number of nitrogens with one attached hydrogen (secondary N) is 2. The standard InChI is InChI=1S/C28H30N4O4/c1-2-36-26-13-22-21(17-32(28(22)35)16-18-7-9-29-10-8-18)11-23(26)27(34)31-15-25(33)24-12-19-5-3-4-6-20(19)14-30-24/h3-11,13,24-25,30,33H,2,12,14-17H2,1H3,(H,31,34)/t24-,25+/m0/s1. The Bertz CT molecular complexity index is 1260. The number of carbonyl (C=O) groups excluding carboxylic acids is 2. The van der Waals surface area contributed by atoms with Crippen molar-refractivity contribution in [1.29, 1.82) is 0 Å². The molecule has 2 aromatic carbocycles. The van der Waals surface area contributed by atoms with Gasteiger partial charge in [-0.15, -0.1) is 0 Å². The van der Waals surface area contributed by atoms with Gasteiger partial charge in [-0.3, -0.25) is 14.6 Å². The lowest BCUT2D eigenvalue weighted by Gasteiger charge is -2.30. The summed E-state index contributed by atoms with van der Waals surface area (Å²) in [4.78, 5) is 32.0. The largest absolute Gasteiger partial charge is 0.493 e. The van der Waals surface area contributed by atoms with E-state index in [1.807, 2.05) is 31.2 Å². The number of ether oxygens (including phenoxy) is 1. The number of benzene rings is 2. The van der Waals surface area contributed by atoms with Crippen LogP contribution in [0.2, 0.25) is 0 Å². The van der Waals surface area contributed by atoms with E-state index in [1.165, 1.54) is 11.1 Å². The van der Waals surface area contributed by atoms with Crippen molar-refractivity contribution >= 4 is 11.8 Å². The normalized spacial score (nSPS) is 17.3. The van der Waals surface area contributed by atoms with Gasteiger partial charge in [-0.1, -0.05) is 24.3 Å². The quantitative estimate of drug-likeness (QED) is 0.452. The highest BCUT2D eigenvalue weighted by Gasteiger charge is 2.31. The molecule has 3 heterocycles. The molecule has 0 bridgehead atoms. The van der Waals surface area contributed by atoms with Gasteiger partial charge < -0.3 is 25.4 Å². The molecule has 0 radical (unpaired) electrons. The Morgan fingerprint density at radius 2 is 1.97 bits per heavy atom. The molecule has 0 unspecified atom stereocenters. The molecule has 186 valence electrons. The molecule has 0 saturated heterocycles. The molecule has 3 aromatic rings. The van der Waals surface area contributed by atoms with Crippen molar-refractivity contribution in [2.24, 2.45) is 0 Å². The summed E-state index contributed by atoms with van der Waals surface area (Å²) < 4.78 is 5.73. The summed E-state index contributed by atoms with van der Waals surface area (Å²) in [5.74, 6) is -0.0580. The molecule has 2 atom stereocenters. The number of amides is 2. The van der Waals surface area contributed by atoms with Gasteiger partial charge in [0, 0.05) is 50.2 Å². The molecule has 1 aromatic heterocycles. The summed E-state index contributed by atoms with van der Waals surface area (Å²) in [5.41, 5.74) is 5.13. The van der Waals surface area contributed by atoms with E-state index in [0.29, 0.717) is 49.5 Å². The van der Waals surface area contributed by atoms with E-state index in [9.17, 15) is 14.7 Å². The monoisotopic (exact) mass is 486 g/mol. The van der Waals surface area contributed by atoms with E-state index in [-0.39, 0.29) is 24.4 Å². The minimum absolute atomic E-state index is 0.0891. The molecule has 0 saturated carbocycles. The van der Waals surface area contributed by atoms with Crippen molar-refractivity contribution < 1.29 is 19.4 Å². The van der Waals surface area contributed by atoms with Crippen LogP contribution >= 0.6 is 0 Å². The van der Waals surface area contributed by atoms with Crippen LogP contribution in [0, 0.1) is 0 Å². The van der Waals surface area contributed by atoms with Crippen LogP contribution in [-0.2, 0) is 26.1 Å². The fourth-order valence-corrected chi connectivity index (χ4v) is 4.88. The van der Waals surface area contributed by atoms with Crippen LogP contribution in [0.1, 0.15) is 49.9 Å². The minimum atomic E-state index is -0.746. The van der Waals surface area contributed by atoms with Crippen LogP contribution in [-0.4, -0.2) is 52.1 Å². The van der Waals surface area contributed by atoms with Gasteiger partial charge >= 0.3 is 0 Å². The van der Waals surface area contributed by atoms with Crippen LogP contribution in [0.5, 0.6) is 5.75 Å². The maximum absolute atomic E-state index is 13.2.